The molecule has 0 radical (unpaired) electrons. The van der Waals surface area contributed by atoms with Crippen LogP contribution in [0.1, 0.15) is 61.4 Å². The normalized spacial score (nSPS) is 21.2. The van der Waals surface area contributed by atoms with Gasteiger partial charge in [-0.1, -0.05) is 17.7 Å². The van der Waals surface area contributed by atoms with Crippen LogP contribution in [0.5, 0.6) is 0 Å². The van der Waals surface area contributed by atoms with E-state index in [0.29, 0.717) is 28.3 Å². The molecule has 0 amide bonds. The van der Waals surface area contributed by atoms with Crippen LogP contribution in [0, 0.1) is 18.3 Å². The molecule has 2 aromatic heterocycles. The molecule has 1 aromatic carbocycles. The molecule has 9 nitrogen and oxygen atoms in total. The van der Waals surface area contributed by atoms with E-state index in [4.69, 9.17) is 21.1 Å². The summed E-state index contributed by atoms with van der Waals surface area (Å²) in [6, 6.07) is 3.78. The standard InChI is InChI=1S/C31H38ClN5O4/c1-20-21(15-34-37(29(20)38)27-8-4-5-12-41-27)7-6-11-36-18-31(19-36)13-22(14-31)25(17-40-3)23-9-10-26(32)28-24(23)16-33-35(2)30(28)39/h9-10,15-17,22,27H,4-8,11-14,18-19H2,1-3H3/b25-17+. The summed E-state index contributed by atoms with van der Waals surface area (Å²) in [5.41, 5.74) is 4.01. The maximum atomic E-state index is 12.9. The Kier molecular flexibility index (Phi) is 7.78. The highest BCUT2D eigenvalue weighted by molar-refractivity contribution is 6.35. The molecule has 218 valence electrons. The average molecular weight is 580 g/mol. The highest BCUT2D eigenvalue weighted by atomic mass is 35.5. The molecule has 10 heteroatoms. The maximum absolute atomic E-state index is 12.9. The predicted octanol–water partition coefficient (Wildman–Crippen LogP) is 4.48. The Hall–Kier alpha value is -3.01. The number of nitrogens with zero attached hydrogens (tertiary/aromatic N) is 5. The Morgan fingerprint density at radius 2 is 1.98 bits per heavy atom. The van der Waals surface area contributed by atoms with Gasteiger partial charge in [-0.25, -0.2) is 9.36 Å². The van der Waals surface area contributed by atoms with Crippen molar-refractivity contribution >= 4 is 27.9 Å². The van der Waals surface area contributed by atoms with E-state index in [2.05, 4.69) is 15.1 Å². The largest absolute Gasteiger partial charge is 0.504 e. The molecule has 0 N–H and O–H groups in total. The topological polar surface area (TPSA) is 91.5 Å². The summed E-state index contributed by atoms with van der Waals surface area (Å²) in [4.78, 5) is 28.2. The Labute approximate surface area is 244 Å². The lowest BCUT2D eigenvalue weighted by Gasteiger charge is -2.60. The first-order chi connectivity index (χ1) is 19.8. The third-order valence-electron chi connectivity index (χ3n) is 9.23. The van der Waals surface area contributed by atoms with Crippen molar-refractivity contribution in [1.82, 2.24) is 24.5 Å². The number of benzene rings is 1. The molecular formula is C31H38ClN5O4. The smallest absolute Gasteiger partial charge is 0.275 e. The van der Waals surface area contributed by atoms with E-state index < -0.39 is 0 Å². The lowest BCUT2D eigenvalue weighted by Crippen LogP contribution is -2.62. The molecule has 1 aliphatic carbocycles. The molecule has 4 heterocycles. The minimum atomic E-state index is -0.228. The van der Waals surface area contributed by atoms with Crippen LogP contribution in [-0.4, -0.2) is 57.8 Å². The lowest BCUT2D eigenvalue weighted by molar-refractivity contribution is -0.0792. The molecule has 1 spiro atoms. The van der Waals surface area contributed by atoms with Gasteiger partial charge in [0.1, 0.15) is 0 Å². The van der Waals surface area contributed by atoms with Gasteiger partial charge in [-0.15, -0.1) is 0 Å². The second-order valence-electron chi connectivity index (χ2n) is 12.1. The van der Waals surface area contributed by atoms with Gasteiger partial charge in [-0.05, 0) is 92.5 Å². The van der Waals surface area contributed by atoms with E-state index in [-0.39, 0.29) is 17.3 Å². The molecule has 1 saturated carbocycles. The van der Waals surface area contributed by atoms with Gasteiger partial charge in [-0.2, -0.15) is 10.2 Å². The van der Waals surface area contributed by atoms with Crippen molar-refractivity contribution in [1.29, 1.82) is 0 Å². The lowest BCUT2D eigenvalue weighted by atomic mass is 9.55. The van der Waals surface area contributed by atoms with Gasteiger partial charge in [0.15, 0.2) is 6.23 Å². The van der Waals surface area contributed by atoms with E-state index in [1.165, 1.54) is 9.36 Å². The number of methoxy groups -OCH3 is 1. The first kappa shape index (κ1) is 28.1. The second-order valence-corrected chi connectivity index (χ2v) is 12.5. The fourth-order valence-electron chi connectivity index (χ4n) is 7.04. The molecule has 2 aliphatic heterocycles. The minimum Gasteiger partial charge on any atom is -0.504 e. The molecule has 1 unspecified atom stereocenters. The zero-order chi connectivity index (χ0) is 28.7. The molecule has 3 aromatic rings. The zero-order valence-corrected chi connectivity index (χ0v) is 24.8. The van der Waals surface area contributed by atoms with Gasteiger partial charge >= 0.3 is 0 Å². The molecule has 41 heavy (non-hydrogen) atoms. The van der Waals surface area contributed by atoms with Crippen LogP contribution < -0.4 is 11.1 Å². The van der Waals surface area contributed by atoms with Crippen LogP contribution in [0.25, 0.3) is 16.3 Å². The number of likely N-dealkylation sites (tertiary alicyclic amines) is 1. The number of halogens is 1. The van der Waals surface area contributed by atoms with Crippen molar-refractivity contribution in [2.45, 2.75) is 58.1 Å². The molecule has 0 bridgehead atoms. The highest BCUT2D eigenvalue weighted by Crippen LogP contribution is 2.56. The van der Waals surface area contributed by atoms with Crippen molar-refractivity contribution in [3.05, 3.63) is 73.2 Å². The van der Waals surface area contributed by atoms with Gasteiger partial charge in [0.2, 0.25) is 0 Å². The average Bonchev–Trinajstić information content (AvgIpc) is 2.93. The van der Waals surface area contributed by atoms with E-state index >= 15 is 0 Å². The number of ether oxygens (including phenoxy) is 2. The Bertz CT molecular complexity index is 1590. The van der Waals surface area contributed by atoms with E-state index in [1.807, 2.05) is 25.4 Å². The van der Waals surface area contributed by atoms with Crippen LogP contribution in [-0.2, 0) is 22.9 Å². The molecule has 1 atom stereocenters. The number of hydrogen-bond acceptors (Lipinski definition) is 7. The number of aryl methyl sites for hydroxylation is 2. The summed E-state index contributed by atoms with van der Waals surface area (Å²) >= 11 is 6.42. The molecule has 6 rings (SSSR count). The highest BCUT2D eigenvalue weighted by Gasteiger charge is 2.53. The van der Waals surface area contributed by atoms with Crippen LogP contribution in [0.4, 0.5) is 0 Å². The van der Waals surface area contributed by atoms with Gasteiger partial charge in [0.25, 0.3) is 11.1 Å². The summed E-state index contributed by atoms with van der Waals surface area (Å²) < 4.78 is 14.1. The van der Waals surface area contributed by atoms with E-state index in [0.717, 1.165) is 92.2 Å². The first-order valence-electron chi connectivity index (χ1n) is 14.6. The minimum absolute atomic E-state index is 0.0256. The van der Waals surface area contributed by atoms with Gasteiger partial charge in [0.05, 0.1) is 36.2 Å². The van der Waals surface area contributed by atoms with E-state index in [1.54, 1.807) is 26.4 Å². The fraction of sp³-hybridized carbons (Fsp3) is 0.548. The van der Waals surface area contributed by atoms with Gasteiger partial charge in [0, 0.05) is 37.7 Å². The fourth-order valence-corrected chi connectivity index (χ4v) is 7.29. The summed E-state index contributed by atoms with van der Waals surface area (Å²) in [5.74, 6) is 0.360. The monoisotopic (exact) mass is 579 g/mol. The number of fused-ring (bicyclic) bond motifs is 1. The quantitative estimate of drug-likeness (QED) is 0.363. The summed E-state index contributed by atoms with van der Waals surface area (Å²) in [7, 11) is 3.30. The third kappa shape index (κ3) is 5.24. The van der Waals surface area contributed by atoms with Gasteiger partial charge < -0.3 is 14.4 Å². The van der Waals surface area contributed by atoms with Crippen molar-refractivity contribution in [3.63, 3.8) is 0 Å². The first-order valence-corrected chi connectivity index (χ1v) is 15.0. The Morgan fingerprint density at radius 1 is 1.17 bits per heavy atom. The number of hydrogen-bond donors (Lipinski definition) is 0. The summed E-state index contributed by atoms with van der Waals surface area (Å²) in [6.45, 7) is 5.79. The van der Waals surface area contributed by atoms with Crippen molar-refractivity contribution in [3.8, 4) is 0 Å². The van der Waals surface area contributed by atoms with Gasteiger partial charge in [-0.3, -0.25) is 9.59 Å². The van der Waals surface area contributed by atoms with Crippen molar-refractivity contribution < 1.29 is 9.47 Å². The number of rotatable bonds is 8. The molecule has 3 aliphatic rings. The SMILES string of the molecule is CO/C=C(/c1ccc(Cl)c2c(=O)n(C)ncc12)C1CC2(C1)CN(CCCc1cnn(C3CCCCO3)c(=O)c1C)C2. The third-order valence-corrected chi connectivity index (χ3v) is 9.55. The van der Waals surface area contributed by atoms with Crippen LogP contribution in [0.2, 0.25) is 5.02 Å². The Morgan fingerprint density at radius 3 is 2.71 bits per heavy atom. The number of aromatic nitrogens is 4. The maximum Gasteiger partial charge on any atom is 0.275 e. The zero-order valence-electron chi connectivity index (χ0n) is 24.1. The molecule has 3 fully saturated rings. The van der Waals surface area contributed by atoms with Crippen molar-refractivity contribution in [2.24, 2.45) is 18.4 Å². The predicted molar refractivity (Wildman–Crippen MR) is 159 cm³/mol. The van der Waals surface area contributed by atoms with Crippen LogP contribution >= 0.6 is 11.6 Å². The van der Waals surface area contributed by atoms with E-state index in [9.17, 15) is 9.59 Å². The second kappa shape index (κ2) is 11.3. The summed E-state index contributed by atoms with van der Waals surface area (Å²) in [6.07, 6.45) is 12.2. The summed E-state index contributed by atoms with van der Waals surface area (Å²) in [5, 5.41) is 10.4. The van der Waals surface area contributed by atoms with Crippen LogP contribution in [0.3, 0.4) is 0 Å². The van der Waals surface area contributed by atoms with Crippen molar-refractivity contribution in [2.75, 3.05) is 33.4 Å². The molecule has 2 saturated heterocycles. The molecular weight excluding hydrogens is 542 g/mol. The number of allylic oxidation sites excluding steroid dienone is 1. The van der Waals surface area contributed by atoms with Crippen LogP contribution in [0.15, 0.2) is 40.4 Å². The Balaban J connectivity index is 1.05.